The highest BCUT2D eigenvalue weighted by molar-refractivity contribution is 6.21. The van der Waals surface area contributed by atoms with Gasteiger partial charge in [-0.05, 0) is 29.7 Å². The number of hydrogen-bond donors (Lipinski definition) is 1. The van der Waals surface area contributed by atoms with Crippen molar-refractivity contribution in [3.8, 4) is 0 Å². The lowest BCUT2D eigenvalue weighted by atomic mass is 9.97. The number of nitrogens with zero attached hydrogens (tertiary/aromatic N) is 1. The molecule has 0 fully saturated rings. The van der Waals surface area contributed by atoms with Gasteiger partial charge in [0, 0.05) is 41.4 Å². The fourth-order valence-corrected chi connectivity index (χ4v) is 3.93. The Morgan fingerprint density at radius 3 is 2.32 bits per heavy atom. The molecule has 0 spiro atoms. The van der Waals surface area contributed by atoms with Crippen LogP contribution in [0.5, 0.6) is 0 Å². The smallest absolute Gasteiger partial charge is 0.195 e. The highest BCUT2D eigenvalue weighted by Gasteiger charge is 2.18. The largest absolute Gasteiger partial charge is 0.396 e. The molecule has 0 aliphatic heterocycles. The number of para-hydroxylation sites is 1. The van der Waals surface area contributed by atoms with Crippen LogP contribution in [0, 0.1) is 0 Å². The highest BCUT2D eigenvalue weighted by atomic mass is 16.2. The summed E-state index contributed by atoms with van der Waals surface area (Å²) < 4.78 is 2.20. The summed E-state index contributed by atoms with van der Waals surface area (Å²) in [7, 11) is 0. The molecule has 28 heavy (non-hydrogen) atoms. The number of fused-ring (bicyclic) bond motifs is 2. The topological polar surface area (TPSA) is 42.2 Å². The summed E-state index contributed by atoms with van der Waals surface area (Å²) in [6, 6.07) is 22.1. The van der Waals surface area contributed by atoms with Gasteiger partial charge in [-0.1, -0.05) is 73.5 Å². The first-order valence-electron chi connectivity index (χ1n) is 10.0. The Morgan fingerprint density at radius 2 is 1.46 bits per heavy atom. The molecule has 142 valence electrons. The molecule has 0 saturated carbocycles. The first-order chi connectivity index (χ1) is 13.8. The van der Waals surface area contributed by atoms with Gasteiger partial charge in [0.15, 0.2) is 5.78 Å². The summed E-state index contributed by atoms with van der Waals surface area (Å²) in [5.74, 6) is 0.0760. The zero-order chi connectivity index (χ0) is 19.3. The van der Waals surface area contributed by atoms with Gasteiger partial charge in [0.25, 0.3) is 0 Å². The normalized spacial score (nSPS) is 11.3. The van der Waals surface area contributed by atoms with Crippen molar-refractivity contribution in [2.45, 2.75) is 32.2 Å². The standard InChI is InChI=1S/C25H25NO2/c27-17-8-2-1-7-16-26-18-23(21-13-5-6-15-24(21)26)25(28)22-14-9-11-19-10-3-4-12-20(19)22/h3-6,9-15,18,27H,1-2,7-8,16-17H2. The summed E-state index contributed by atoms with van der Waals surface area (Å²) >= 11 is 0. The Bertz CT molecular complexity index is 1100. The van der Waals surface area contributed by atoms with E-state index in [4.69, 9.17) is 5.11 Å². The number of ketones is 1. The second-order valence-electron chi connectivity index (χ2n) is 7.25. The van der Waals surface area contributed by atoms with Crippen LogP contribution in [0.4, 0.5) is 0 Å². The fourth-order valence-electron chi connectivity index (χ4n) is 3.93. The zero-order valence-electron chi connectivity index (χ0n) is 16.0. The van der Waals surface area contributed by atoms with Crippen molar-refractivity contribution in [2.75, 3.05) is 6.61 Å². The lowest BCUT2D eigenvalue weighted by molar-refractivity contribution is 0.104. The summed E-state index contributed by atoms with van der Waals surface area (Å²) in [4.78, 5) is 13.5. The zero-order valence-corrected chi connectivity index (χ0v) is 16.0. The molecule has 0 radical (unpaired) electrons. The molecule has 3 aromatic carbocycles. The van der Waals surface area contributed by atoms with E-state index in [9.17, 15) is 4.79 Å². The maximum atomic E-state index is 13.5. The predicted molar refractivity (Wildman–Crippen MR) is 115 cm³/mol. The van der Waals surface area contributed by atoms with Crippen LogP contribution in [0.3, 0.4) is 0 Å². The molecule has 0 bridgehead atoms. The SMILES string of the molecule is O=C(c1cccc2ccccc12)c1cn(CCCCCCO)c2ccccc12. The second kappa shape index (κ2) is 8.41. The van der Waals surface area contributed by atoms with Gasteiger partial charge >= 0.3 is 0 Å². The van der Waals surface area contributed by atoms with Gasteiger partial charge in [-0.25, -0.2) is 0 Å². The monoisotopic (exact) mass is 371 g/mol. The number of carbonyl (C=O) groups excluding carboxylic acids is 1. The van der Waals surface area contributed by atoms with Gasteiger partial charge in [-0.15, -0.1) is 0 Å². The van der Waals surface area contributed by atoms with E-state index in [1.807, 2.05) is 66.9 Å². The number of aryl methyl sites for hydroxylation is 1. The van der Waals surface area contributed by atoms with Gasteiger partial charge in [0.2, 0.25) is 0 Å². The first-order valence-corrected chi connectivity index (χ1v) is 10.0. The Balaban J connectivity index is 1.69. The van der Waals surface area contributed by atoms with Gasteiger partial charge in [-0.2, -0.15) is 0 Å². The third-order valence-electron chi connectivity index (χ3n) is 5.37. The number of hydrogen-bond acceptors (Lipinski definition) is 2. The number of aliphatic hydroxyl groups excluding tert-OH is 1. The third-order valence-corrected chi connectivity index (χ3v) is 5.37. The quantitative estimate of drug-likeness (QED) is 0.325. The van der Waals surface area contributed by atoms with E-state index in [0.29, 0.717) is 0 Å². The average molecular weight is 371 g/mol. The van der Waals surface area contributed by atoms with Crippen molar-refractivity contribution in [3.63, 3.8) is 0 Å². The number of aromatic nitrogens is 1. The molecule has 0 atom stereocenters. The van der Waals surface area contributed by atoms with Gasteiger partial charge < -0.3 is 9.67 Å². The van der Waals surface area contributed by atoms with Crippen molar-refractivity contribution in [1.82, 2.24) is 4.57 Å². The predicted octanol–water partition coefficient (Wildman–Crippen LogP) is 5.58. The maximum Gasteiger partial charge on any atom is 0.195 e. The van der Waals surface area contributed by atoms with Crippen LogP contribution in [0.1, 0.15) is 41.6 Å². The molecule has 1 aromatic heterocycles. The fraction of sp³-hybridized carbons (Fsp3) is 0.240. The second-order valence-corrected chi connectivity index (χ2v) is 7.25. The number of carbonyl (C=O) groups is 1. The lowest BCUT2D eigenvalue weighted by Crippen LogP contribution is -2.02. The van der Waals surface area contributed by atoms with Crippen LogP contribution < -0.4 is 0 Å². The number of unbranched alkanes of at least 4 members (excludes halogenated alkanes) is 3. The Kier molecular flexibility index (Phi) is 5.54. The van der Waals surface area contributed by atoms with E-state index in [2.05, 4.69) is 10.6 Å². The molecule has 3 heteroatoms. The molecule has 4 rings (SSSR count). The van der Waals surface area contributed by atoms with E-state index in [1.165, 1.54) is 0 Å². The number of aliphatic hydroxyl groups is 1. The van der Waals surface area contributed by atoms with Crippen LogP contribution in [0.25, 0.3) is 21.7 Å². The van der Waals surface area contributed by atoms with Crippen molar-refractivity contribution in [3.05, 3.63) is 84.1 Å². The highest BCUT2D eigenvalue weighted by Crippen LogP contribution is 2.27. The Labute approximate surface area is 165 Å². The van der Waals surface area contributed by atoms with Crippen LogP contribution >= 0.6 is 0 Å². The van der Waals surface area contributed by atoms with E-state index in [1.54, 1.807) is 0 Å². The molecule has 0 unspecified atom stereocenters. The number of benzene rings is 3. The summed E-state index contributed by atoms with van der Waals surface area (Å²) in [5.41, 5.74) is 2.62. The molecule has 4 aromatic rings. The summed E-state index contributed by atoms with van der Waals surface area (Å²) in [6.45, 7) is 1.14. The molecule has 0 amide bonds. The van der Waals surface area contributed by atoms with E-state index in [-0.39, 0.29) is 12.4 Å². The maximum absolute atomic E-state index is 13.5. The van der Waals surface area contributed by atoms with Crippen molar-refractivity contribution >= 4 is 27.5 Å². The van der Waals surface area contributed by atoms with E-state index < -0.39 is 0 Å². The number of rotatable bonds is 8. The average Bonchev–Trinajstić information content (AvgIpc) is 3.11. The minimum absolute atomic E-state index is 0.0760. The summed E-state index contributed by atoms with van der Waals surface area (Å²) in [6.07, 6.45) is 6.04. The Morgan fingerprint density at radius 1 is 0.750 bits per heavy atom. The molecule has 0 saturated heterocycles. The van der Waals surface area contributed by atoms with E-state index in [0.717, 1.165) is 65.0 Å². The summed E-state index contributed by atoms with van der Waals surface area (Å²) in [5, 5.41) is 12.0. The van der Waals surface area contributed by atoms with Crippen molar-refractivity contribution in [1.29, 1.82) is 0 Å². The molecule has 0 aliphatic carbocycles. The van der Waals surface area contributed by atoms with Crippen LogP contribution in [-0.2, 0) is 6.54 Å². The van der Waals surface area contributed by atoms with Crippen LogP contribution in [0.15, 0.2) is 72.9 Å². The van der Waals surface area contributed by atoms with Gasteiger partial charge in [-0.3, -0.25) is 4.79 Å². The molecule has 1 heterocycles. The molecule has 3 nitrogen and oxygen atoms in total. The third kappa shape index (κ3) is 3.58. The first kappa shape index (κ1) is 18.5. The van der Waals surface area contributed by atoms with Crippen molar-refractivity contribution < 1.29 is 9.90 Å². The van der Waals surface area contributed by atoms with Gasteiger partial charge in [0.1, 0.15) is 0 Å². The van der Waals surface area contributed by atoms with E-state index >= 15 is 0 Å². The minimum atomic E-state index is 0.0760. The minimum Gasteiger partial charge on any atom is -0.396 e. The van der Waals surface area contributed by atoms with Crippen molar-refractivity contribution in [2.24, 2.45) is 0 Å². The van der Waals surface area contributed by atoms with Gasteiger partial charge in [0.05, 0.1) is 0 Å². The molecule has 1 N–H and O–H groups in total. The molecular weight excluding hydrogens is 346 g/mol. The molecular formula is C25H25NO2. The van der Waals surface area contributed by atoms with Crippen LogP contribution in [-0.4, -0.2) is 22.1 Å². The Hall–Kier alpha value is -2.91. The van der Waals surface area contributed by atoms with Crippen LogP contribution in [0.2, 0.25) is 0 Å². The molecule has 0 aliphatic rings. The lowest BCUT2D eigenvalue weighted by Gasteiger charge is -2.05.